The van der Waals surface area contributed by atoms with Crippen LogP contribution in [-0.2, 0) is 27.9 Å². The summed E-state index contributed by atoms with van der Waals surface area (Å²) in [5.74, 6) is 0.692. The van der Waals surface area contributed by atoms with Crippen LogP contribution in [0.5, 0.6) is 0 Å². The summed E-state index contributed by atoms with van der Waals surface area (Å²) in [6, 6.07) is 5.89. The van der Waals surface area contributed by atoms with E-state index in [1.54, 1.807) is 20.2 Å². The topological polar surface area (TPSA) is 75.1 Å². The maximum atomic E-state index is 13.3. The van der Waals surface area contributed by atoms with Crippen molar-refractivity contribution in [1.82, 2.24) is 18.1 Å². The number of piperidine rings is 1. The molecule has 9 heteroatoms. The van der Waals surface area contributed by atoms with Gasteiger partial charge in [-0.15, -0.1) is 0 Å². The molecule has 1 unspecified atom stereocenters. The average molecular weight is 475 g/mol. The van der Waals surface area contributed by atoms with Crippen molar-refractivity contribution in [2.75, 3.05) is 46.9 Å². The predicted molar refractivity (Wildman–Crippen MR) is 128 cm³/mol. The number of hydrogen-bond donors (Lipinski definition) is 0. The van der Waals surface area contributed by atoms with Gasteiger partial charge in [0, 0.05) is 76.0 Å². The molecule has 2 aromatic rings. The molecule has 1 aromatic carbocycles. The van der Waals surface area contributed by atoms with Crippen LogP contribution < -0.4 is 0 Å². The number of benzene rings is 1. The summed E-state index contributed by atoms with van der Waals surface area (Å²) in [4.78, 5) is 17.6. The highest BCUT2D eigenvalue weighted by atomic mass is 32.2. The molecule has 0 radical (unpaired) electrons. The second-order valence-electron chi connectivity index (χ2n) is 9.92. The number of amides is 1. The number of ether oxygens (including phenoxy) is 1. The monoisotopic (exact) mass is 474 g/mol. The molecule has 5 rings (SSSR count). The van der Waals surface area contributed by atoms with Crippen LogP contribution in [0.3, 0.4) is 0 Å². The first-order chi connectivity index (χ1) is 15.8. The van der Waals surface area contributed by atoms with Crippen molar-refractivity contribution in [3.8, 4) is 0 Å². The van der Waals surface area contributed by atoms with E-state index in [9.17, 15) is 13.2 Å². The Balaban J connectivity index is 1.58. The van der Waals surface area contributed by atoms with Crippen LogP contribution in [0.4, 0.5) is 0 Å². The second kappa shape index (κ2) is 8.69. The molecule has 0 spiro atoms. The number of likely N-dealkylation sites (tertiary alicyclic amines) is 1. The molecule has 2 fully saturated rings. The van der Waals surface area contributed by atoms with Gasteiger partial charge in [-0.05, 0) is 48.9 Å². The molecule has 3 aliphatic rings. The summed E-state index contributed by atoms with van der Waals surface area (Å²) in [5, 5.41) is 0.871. The van der Waals surface area contributed by atoms with Crippen LogP contribution in [0.2, 0.25) is 0 Å². The van der Waals surface area contributed by atoms with Gasteiger partial charge in [0.05, 0.1) is 12.1 Å². The summed E-state index contributed by atoms with van der Waals surface area (Å²) in [6.07, 6.45) is 3.71. The average Bonchev–Trinajstić information content (AvgIpc) is 3.45. The van der Waals surface area contributed by atoms with E-state index in [0.29, 0.717) is 36.0 Å². The molecule has 0 bridgehead atoms. The number of nitrogens with zero attached hydrogens (tertiary/aromatic N) is 4. The Labute approximate surface area is 196 Å². The van der Waals surface area contributed by atoms with Crippen LogP contribution in [0.15, 0.2) is 18.2 Å². The number of hydrogen-bond acceptors (Lipinski definition) is 5. The maximum absolute atomic E-state index is 13.3. The molecule has 0 N–H and O–H groups in total. The number of aromatic nitrogens is 1. The molecule has 4 heterocycles. The molecular formula is C24H34N4O4S. The fourth-order valence-corrected chi connectivity index (χ4v) is 6.63. The Hall–Kier alpha value is -1.94. The van der Waals surface area contributed by atoms with Gasteiger partial charge in [0.25, 0.3) is 5.91 Å². The fourth-order valence-electron chi connectivity index (χ4n) is 5.41. The van der Waals surface area contributed by atoms with E-state index in [1.807, 2.05) is 17.0 Å². The van der Waals surface area contributed by atoms with Crippen molar-refractivity contribution in [3.05, 3.63) is 35.0 Å². The molecule has 180 valence electrons. The standard InChI is InChI=1S/C24H34N4O4S/c1-17-6-10-26(11-7-17)24(29)18-4-5-22-20(14-18)21-15-27(19-9-13-32-16-19)12-8-23(21)28(22)33(30,31)25(2)3/h4-5,14,17,19H,6-13,15-16H2,1-3H3. The molecule has 0 saturated carbocycles. The highest BCUT2D eigenvalue weighted by Gasteiger charge is 2.34. The van der Waals surface area contributed by atoms with Crippen molar-refractivity contribution in [2.45, 2.75) is 45.2 Å². The zero-order chi connectivity index (χ0) is 23.3. The summed E-state index contributed by atoms with van der Waals surface area (Å²) in [7, 11) is -0.560. The highest BCUT2D eigenvalue weighted by molar-refractivity contribution is 7.87. The zero-order valence-corrected chi connectivity index (χ0v) is 20.6. The quantitative estimate of drug-likeness (QED) is 0.680. The van der Waals surface area contributed by atoms with Crippen molar-refractivity contribution >= 4 is 27.0 Å². The molecule has 33 heavy (non-hydrogen) atoms. The zero-order valence-electron chi connectivity index (χ0n) is 19.8. The Kier molecular flexibility index (Phi) is 6.01. The van der Waals surface area contributed by atoms with Crippen LogP contribution in [0.25, 0.3) is 10.9 Å². The summed E-state index contributed by atoms with van der Waals surface area (Å²) in [5.41, 5.74) is 3.16. The Morgan fingerprint density at radius 3 is 2.55 bits per heavy atom. The Morgan fingerprint density at radius 2 is 1.88 bits per heavy atom. The third-order valence-corrected chi connectivity index (χ3v) is 9.36. The van der Waals surface area contributed by atoms with Crippen LogP contribution in [-0.4, -0.2) is 85.4 Å². The Bertz CT molecular complexity index is 1160. The first-order valence-electron chi connectivity index (χ1n) is 12.0. The van der Waals surface area contributed by atoms with E-state index in [2.05, 4.69) is 11.8 Å². The summed E-state index contributed by atoms with van der Waals surface area (Å²) < 4.78 is 34.9. The first kappa shape index (κ1) is 22.8. The molecule has 1 atom stereocenters. The minimum atomic E-state index is -3.69. The van der Waals surface area contributed by atoms with Gasteiger partial charge in [-0.25, -0.2) is 3.97 Å². The predicted octanol–water partition coefficient (Wildman–Crippen LogP) is 2.31. The van der Waals surface area contributed by atoms with Gasteiger partial charge in [0.1, 0.15) is 0 Å². The summed E-state index contributed by atoms with van der Waals surface area (Å²) >= 11 is 0. The van der Waals surface area contributed by atoms with Gasteiger partial charge in [-0.3, -0.25) is 9.69 Å². The van der Waals surface area contributed by atoms with Gasteiger partial charge < -0.3 is 9.64 Å². The first-order valence-corrected chi connectivity index (χ1v) is 13.4. The van der Waals surface area contributed by atoms with Gasteiger partial charge in [-0.1, -0.05) is 6.92 Å². The van der Waals surface area contributed by atoms with Crippen LogP contribution in [0, 0.1) is 5.92 Å². The van der Waals surface area contributed by atoms with Crippen LogP contribution in [0.1, 0.15) is 47.8 Å². The number of carbonyl (C=O) groups excluding carboxylic acids is 1. The van der Waals surface area contributed by atoms with E-state index in [1.165, 1.54) is 8.28 Å². The summed E-state index contributed by atoms with van der Waals surface area (Å²) in [6.45, 7) is 6.77. The van der Waals surface area contributed by atoms with E-state index in [-0.39, 0.29) is 5.91 Å². The molecular weight excluding hydrogens is 440 g/mol. The third-order valence-electron chi connectivity index (χ3n) is 7.56. The van der Waals surface area contributed by atoms with Crippen molar-refractivity contribution < 1.29 is 17.9 Å². The minimum absolute atomic E-state index is 0.0395. The lowest BCUT2D eigenvalue weighted by Crippen LogP contribution is -2.40. The van der Waals surface area contributed by atoms with Crippen LogP contribution >= 0.6 is 0 Å². The molecule has 0 aliphatic carbocycles. The largest absolute Gasteiger partial charge is 0.380 e. The lowest BCUT2D eigenvalue weighted by Gasteiger charge is -2.32. The van der Waals surface area contributed by atoms with Gasteiger partial charge in [0.15, 0.2) is 0 Å². The van der Waals surface area contributed by atoms with Gasteiger partial charge >= 0.3 is 10.2 Å². The number of fused-ring (bicyclic) bond motifs is 3. The van der Waals surface area contributed by atoms with Gasteiger partial charge in [0.2, 0.25) is 0 Å². The molecule has 1 aromatic heterocycles. The SMILES string of the molecule is CC1CCN(C(=O)c2ccc3c(c2)c2c(n3S(=O)(=O)N(C)C)CCN(C3CCOC3)C2)CC1. The highest BCUT2D eigenvalue weighted by Crippen LogP contribution is 2.35. The van der Waals surface area contributed by atoms with Crippen molar-refractivity contribution in [2.24, 2.45) is 5.92 Å². The Morgan fingerprint density at radius 1 is 1.12 bits per heavy atom. The van der Waals surface area contributed by atoms with E-state index in [0.717, 1.165) is 68.8 Å². The van der Waals surface area contributed by atoms with E-state index >= 15 is 0 Å². The van der Waals surface area contributed by atoms with Gasteiger partial charge in [-0.2, -0.15) is 12.7 Å². The lowest BCUT2D eigenvalue weighted by atomic mass is 9.98. The minimum Gasteiger partial charge on any atom is -0.380 e. The fraction of sp³-hybridized carbons (Fsp3) is 0.625. The molecule has 3 aliphatic heterocycles. The third kappa shape index (κ3) is 3.99. The molecule has 2 saturated heterocycles. The molecule has 1 amide bonds. The molecule has 8 nitrogen and oxygen atoms in total. The van der Waals surface area contributed by atoms with Crippen molar-refractivity contribution in [1.29, 1.82) is 0 Å². The lowest BCUT2D eigenvalue weighted by molar-refractivity contribution is 0.0697. The number of rotatable bonds is 4. The van der Waals surface area contributed by atoms with Crippen molar-refractivity contribution in [3.63, 3.8) is 0 Å². The maximum Gasteiger partial charge on any atom is 0.307 e. The van der Waals surface area contributed by atoms with E-state index < -0.39 is 10.2 Å². The number of carbonyl (C=O) groups is 1. The smallest absolute Gasteiger partial charge is 0.307 e. The second-order valence-corrected chi connectivity index (χ2v) is 11.9. The normalized spacial score (nSPS) is 22.9. The van der Waals surface area contributed by atoms with E-state index in [4.69, 9.17) is 4.74 Å².